The second-order valence-electron chi connectivity index (χ2n) is 2.99. The Morgan fingerprint density at radius 2 is 2.00 bits per heavy atom. The van der Waals surface area contributed by atoms with E-state index in [1.54, 1.807) is 29.6 Å². The van der Waals surface area contributed by atoms with Crippen molar-refractivity contribution in [1.29, 1.82) is 0 Å². The first kappa shape index (κ1) is 9.73. The van der Waals surface area contributed by atoms with E-state index in [0.29, 0.717) is 11.3 Å². The number of carbonyl (C=O) groups excluding carboxylic acids is 1. The fourth-order valence-electron chi connectivity index (χ4n) is 1.18. The molecule has 0 saturated heterocycles. The van der Waals surface area contributed by atoms with Crippen molar-refractivity contribution in [1.82, 2.24) is 0 Å². The topological polar surface area (TPSA) is 49.3 Å². The predicted molar refractivity (Wildman–Crippen MR) is 60.4 cm³/mol. The molecule has 76 valence electrons. The van der Waals surface area contributed by atoms with E-state index in [4.69, 9.17) is 5.11 Å². The number of benzene rings is 1. The molecule has 1 amide bonds. The van der Waals surface area contributed by atoms with Crippen LogP contribution in [-0.4, -0.2) is 11.0 Å². The quantitative estimate of drug-likeness (QED) is 0.815. The summed E-state index contributed by atoms with van der Waals surface area (Å²) in [6.45, 7) is 0. The summed E-state index contributed by atoms with van der Waals surface area (Å²) < 4.78 is 0. The molecule has 1 aromatic carbocycles. The molecular weight excluding hydrogens is 210 g/mol. The molecule has 4 heteroatoms. The second-order valence-corrected chi connectivity index (χ2v) is 3.88. The maximum absolute atomic E-state index is 11.6. The van der Waals surface area contributed by atoms with Crippen LogP contribution in [-0.2, 0) is 0 Å². The summed E-state index contributed by atoms with van der Waals surface area (Å²) in [6, 6.07) is 10.5. The Balaban J connectivity index is 2.11. The third-order valence-corrected chi connectivity index (χ3v) is 2.61. The van der Waals surface area contributed by atoms with Gasteiger partial charge >= 0.3 is 0 Å². The van der Waals surface area contributed by atoms with E-state index >= 15 is 0 Å². The molecule has 0 fully saturated rings. The molecule has 0 atom stereocenters. The maximum atomic E-state index is 11.6. The van der Waals surface area contributed by atoms with Crippen LogP contribution in [0.4, 0.5) is 5.69 Å². The van der Waals surface area contributed by atoms with Gasteiger partial charge in [0, 0.05) is 17.0 Å². The van der Waals surface area contributed by atoms with Gasteiger partial charge in [0.1, 0.15) is 0 Å². The van der Waals surface area contributed by atoms with Crippen LogP contribution in [0.25, 0.3) is 0 Å². The highest BCUT2D eigenvalue weighted by Crippen LogP contribution is 2.25. The van der Waals surface area contributed by atoms with Crippen LogP contribution in [0.1, 0.15) is 10.4 Å². The van der Waals surface area contributed by atoms with Crippen LogP contribution in [0.3, 0.4) is 0 Å². The standard InChI is InChI=1S/C11H9NO2S/c13-10-6-9(7-15-10)12-11(14)8-4-2-1-3-5-8/h1-7,13H,(H,12,14). The normalized spacial score (nSPS) is 9.87. The minimum absolute atomic E-state index is 0.173. The highest BCUT2D eigenvalue weighted by molar-refractivity contribution is 7.12. The van der Waals surface area contributed by atoms with Crippen LogP contribution in [0.5, 0.6) is 5.06 Å². The molecule has 0 aliphatic carbocycles. The highest BCUT2D eigenvalue weighted by atomic mass is 32.1. The Labute approximate surface area is 91.0 Å². The summed E-state index contributed by atoms with van der Waals surface area (Å²) >= 11 is 1.18. The first-order valence-electron chi connectivity index (χ1n) is 4.39. The van der Waals surface area contributed by atoms with Crippen LogP contribution in [0.2, 0.25) is 0 Å². The summed E-state index contributed by atoms with van der Waals surface area (Å²) in [5.41, 5.74) is 1.22. The average molecular weight is 219 g/mol. The van der Waals surface area contributed by atoms with E-state index < -0.39 is 0 Å². The fourth-order valence-corrected chi connectivity index (χ4v) is 1.75. The average Bonchev–Trinajstić information content (AvgIpc) is 2.65. The van der Waals surface area contributed by atoms with Gasteiger partial charge in [-0.3, -0.25) is 4.79 Å². The smallest absolute Gasteiger partial charge is 0.255 e. The maximum Gasteiger partial charge on any atom is 0.255 e. The number of hydrogen-bond acceptors (Lipinski definition) is 3. The number of rotatable bonds is 2. The van der Waals surface area contributed by atoms with Gasteiger partial charge in [-0.05, 0) is 12.1 Å². The largest absolute Gasteiger partial charge is 0.499 e. The van der Waals surface area contributed by atoms with E-state index in [1.165, 1.54) is 17.4 Å². The molecule has 2 N–H and O–H groups in total. The number of carbonyl (C=O) groups is 1. The SMILES string of the molecule is O=C(Nc1csc(O)c1)c1ccccc1. The molecule has 1 aromatic heterocycles. The van der Waals surface area contributed by atoms with E-state index in [2.05, 4.69) is 5.32 Å². The van der Waals surface area contributed by atoms with Crippen LogP contribution < -0.4 is 5.32 Å². The van der Waals surface area contributed by atoms with E-state index in [-0.39, 0.29) is 11.0 Å². The number of nitrogens with one attached hydrogen (secondary N) is 1. The Kier molecular flexibility index (Phi) is 2.69. The summed E-state index contributed by atoms with van der Waals surface area (Å²) in [6.07, 6.45) is 0. The summed E-state index contributed by atoms with van der Waals surface area (Å²) in [4.78, 5) is 11.6. The van der Waals surface area contributed by atoms with Crippen molar-refractivity contribution in [3.63, 3.8) is 0 Å². The van der Waals surface area contributed by atoms with Crippen molar-refractivity contribution in [2.75, 3.05) is 5.32 Å². The zero-order chi connectivity index (χ0) is 10.7. The van der Waals surface area contributed by atoms with E-state index in [1.807, 2.05) is 6.07 Å². The highest BCUT2D eigenvalue weighted by Gasteiger charge is 2.05. The molecule has 0 unspecified atom stereocenters. The number of amides is 1. The lowest BCUT2D eigenvalue weighted by atomic mass is 10.2. The zero-order valence-electron chi connectivity index (χ0n) is 7.81. The molecule has 2 aromatic rings. The van der Waals surface area contributed by atoms with Gasteiger partial charge in [0.2, 0.25) is 0 Å². The molecule has 0 bridgehead atoms. The lowest BCUT2D eigenvalue weighted by Crippen LogP contribution is -2.10. The van der Waals surface area contributed by atoms with Gasteiger partial charge in [-0.2, -0.15) is 0 Å². The summed E-state index contributed by atoms with van der Waals surface area (Å²) in [5, 5.41) is 13.7. The Bertz CT molecular complexity index is 464. The molecule has 0 aliphatic rings. The molecule has 1 heterocycles. The molecule has 2 rings (SSSR count). The van der Waals surface area contributed by atoms with Crippen LogP contribution >= 0.6 is 11.3 Å². The third kappa shape index (κ3) is 2.35. The van der Waals surface area contributed by atoms with E-state index in [9.17, 15) is 4.79 Å². The van der Waals surface area contributed by atoms with Gasteiger partial charge in [-0.15, -0.1) is 11.3 Å². The van der Waals surface area contributed by atoms with Gasteiger partial charge < -0.3 is 10.4 Å². The molecule has 0 aliphatic heterocycles. The number of anilines is 1. The van der Waals surface area contributed by atoms with Crippen molar-refractivity contribution < 1.29 is 9.90 Å². The number of thiophene rings is 1. The lowest BCUT2D eigenvalue weighted by molar-refractivity contribution is 0.102. The minimum atomic E-state index is -0.173. The van der Waals surface area contributed by atoms with Crippen molar-refractivity contribution in [3.05, 3.63) is 47.3 Å². The first-order chi connectivity index (χ1) is 7.25. The molecular formula is C11H9NO2S. The Hall–Kier alpha value is -1.81. The Morgan fingerprint density at radius 1 is 1.27 bits per heavy atom. The summed E-state index contributed by atoms with van der Waals surface area (Å²) in [5.74, 6) is -0.173. The molecule has 0 spiro atoms. The molecule has 3 nitrogen and oxygen atoms in total. The van der Waals surface area contributed by atoms with Crippen molar-refractivity contribution in [2.45, 2.75) is 0 Å². The van der Waals surface area contributed by atoms with Gasteiger partial charge in [-0.1, -0.05) is 18.2 Å². The van der Waals surface area contributed by atoms with Gasteiger partial charge in [0.25, 0.3) is 5.91 Å². The number of aromatic hydroxyl groups is 1. The number of hydrogen-bond donors (Lipinski definition) is 2. The first-order valence-corrected chi connectivity index (χ1v) is 5.27. The van der Waals surface area contributed by atoms with Gasteiger partial charge in [0.05, 0.1) is 5.69 Å². The monoisotopic (exact) mass is 219 g/mol. The fraction of sp³-hybridized carbons (Fsp3) is 0. The van der Waals surface area contributed by atoms with Crippen molar-refractivity contribution in [3.8, 4) is 5.06 Å². The van der Waals surface area contributed by atoms with Gasteiger partial charge in [-0.25, -0.2) is 0 Å². The molecule has 0 saturated carbocycles. The summed E-state index contributed by atoms with van der Waals surface area (Å²) in [7, 11) is 0. The lowest BCUT2D eigenvalue weighted by Gasteiger charge is -2.01. The van der Waals surface area contributed by atoms with Crippen molar-refractivity contribution in [2.24, 2.45) is 0 Å². The van der Waals surface area contributed by atoms with Gasteiger partial charge in [0.15, 0.2) is 5.06 Å². The third-order valence-electron chi connectivity index (χ3n) is 1.88. The van der Waals surface area contributed by atoms with Crippen LogP contribution in [0.15, 0.2) is 41.8 Å². The zero-order valence-corrected chi connectivity index (χ0v) is 8.62. The minimum Gasteiger partial charge on any atom is -0.499 e. The van der Waals surface area contributed by atoms with Crippen LogP contribution in [0, 0.1) is 0 Å². The van der Waals surface area contributed by atoms with Crippen molar-refractivity contribution >= 4 is 22.9 Å². The second kappa shape index (κ2) is 4.14. The van der Waals surface area contributed by atoms with E-state index in [0.717, 1.165) is 0 Å². The Morgan fingerprint density at radius 3 is 2.60 bits per heavy atom. The predicted octanol–water partition coefficient (Wildman–Crippen LogP) is 2.71. The molecule has 15 heavy (non-hydrogen) atoms. The molecule has 0 radical (unpaired) electrons.